The number of halogens is 1. The minimum absolute atomic E-state index is 0.0979. The van der Waals surface area contributed by atoms with Gasteiger partial charge in [0.1, 0.15) is 0 Å². The third kappa shape index (κ3) is 2.84. The maximum Gasteiger partial charge on any atom is 0.275 e. The van der Waals surface area contributed by atoms with Crippen LogP contribution in [0.1, 0.15) is 5.56 Å². The summed E-state index contributed by atoms with van der Waals surface area (Å²) in [6.07, 6.45) is 3.34. The van der Waals surface area contributed by atoms with Crippen LogP contribution in [0.25, 0.3) is 0 Å². The smallest absolute Gasteiger partial charge is 0.275 e. The Morgan fingerprint density at radius 1 is 1.33 bits per heavy atom. The number of aromatic nitrogens is 1. The Hall–Kier alpha value is -1.95. The Labute approximate surface area is 112 Å². The van der Waals surface area contributed by atoms with E-state index in [1.54, 1.807) is 30.6 Å². The van der Waals surface area contributed by atoms with Gasteiger partial charge in [0, 0.05) is 29.5 Å². The van der Waals surface area contributed by atoms with E-state index in [9.17, 15) is 10.1 Å². The predicted molar refractivity (Wildman–Crippen MR) is 72.4 cm³/mol. The van der Waals surface area contributed by atoms with E-state index in [4.69, 9.17) is 0 Å². The average Bonchev–Trinajstić information content (AvgIpc) is 2.38. The number of nitro benzene ring substituents is 1. The van der Waals surface area contributed by atoms with Crippen LogP contribution in [0.4, 0.5) is 11.4 Å². The van der Waals surface area contributed by atoms with Crippen molar-refractivity contribution in [3.63, 3.8) is 0 Å². The minimum atomic E-state index is -0.384. The highest BCUT2D eigenvalue weighted by atomic mass is 79.9. The molecule has 1 aromatic heterocycles. The maximum atomic E-state index is 10.9. The fourth-order valence-electron chi connectivity index (χ4n) is 1.55. The van der Waals surface area contributed by atoms with Gasteiger partial charge in [-0.25, -0.2) is 0 Å². The van der Waals surface area contributed by atoms with Crippen molar-refractivity contribution in [3.8, 4) is 0 Å². The Kier molecular flexibility index (Phi) is 3.88. The first-order valence-corrected chi connectivity index (χ1v) is 6.03. The molecule has 1 heterocycles. The summed E-state index contributed by atoms with van der Waals surface area (Å²) in [5.74, 6) is 0. The van der Waals surface area contributed by atoms with E-state index in [0.717, 1.165) is 5.69 Å². The van der Waals surface area contributed by atoms with Gasteiger partial charge >= 0.3 is 0 Å². The van der Waals surface area contributed by atoms with Gasteiger partial charge in [-0.1, -0.05) is 22.0 Å². The van der Waals surface area contributed by atoms with Gasteiger partial charge in [-0.15, -0.1) is 0 Å². The van der Waals surface area contributed by atoms with E-state index in [-0.39, 0.29) is 10.6 Å². The molecule has 1 N–H and O–H groups in total. The van der Waals surface area contributed by atoms with Crippen molar-refractivity contribution in [1.82, 2.24) is 4.98 Å². The maximum absolute atomic E-state index is 10.9. The first kappa shape index (κ1) is 12.5. The fourth-order valence-corrected chi connectivity index (χ4v) is 2.05. The summed E-state index contributed by atoms with van der Waals surface area (Å²) in [5.41, 5.74) is 1.54. The Morgan fingerprint density at radius 2 is 2.17 bits per heavy atom. The summed E-state index contributed by atoms with van der Waals surface area (Å²) in [4.78, 5) is 14.5. The zero-order valence-corrected chi connectivity index (χ0v) is 10.9. The third-order valence-corrected chi connectivity index (χ3v) is 3.16. The number of hydrogen-bond acceptors (Lipinski definition) is 4. The summed E-state index contributed by atoms with van der Waals surface area (Å²) in [6.45, 7) is 0.365. The molecule has 18 heavy (non-hydrogen) atoms. The molecular formula is C12H10BrN3O2. The summed E-state index contributed by atoms with van der Waals surface area (Å²) in [7, 11) is 0. The van der Waals surface area contributed by atoms with Crippen molar-refractivity contribution in [1.29, 1.82) is 0 Å². The number of pyridine rings is 1. The van der Waals surface area contributed by atoms with Gasteiger partial charge in [-0.2, -0.15) is 0 Å². The molecule has 0 unspecified atom stereocenters. The second-order valence-corrected chi connectivity index (χ2v) is 4.44. The summed E-state index contributed by atoms with van der Waals surface area (Å²) in [5, 5.41) is 14.0. The molecule has 2 aromatic rings. The molecule has 2 rings (SSSR count). The molecule has 1 aromatic carbocycles. The van der Waals surface area contributed by atoms with Crippen molar-refractivity contribution < 1.29 is 4.92 Å². The lowest BCUT2D eigenvalue weighted by atomic mass is 10.2. The topological polar surface area (TPSA) is 68.1 Å². The lowest BCUT2D eigenvalue weighted by Crippen LogP contribution is -2.04. The number of nitrogens with one attached hydrogen (secondary N) is 1. The molecular weight excluding hydrogens is 298 g/mol. The molecule has 0 spiro atoms. The molecule has 0 aliphatic rings. The molecule has 0 radical (unpaired) electrons. The standard InChI is InChI=1S/C12H10BrN3O2/c13-11-4-1-5-12(16(17)18)10(11)8-15-9-3-2-6-14-7-9/h1-7,15H,8H2. The van der Waals surface area contributed by atoms with Crippen LogP contribution >= 0.6 is 15.9 Å². The number of nitrogens with zero attached hydrogens (tertiary/aromatic N) is 2. The number of hydrogen-bond donors (Lipinski definition) is 1. The third-order valence-electron chi connectivity index (χ3n) is 2.42. The highest BCUT2D eigenvalue weighted by Gasteiger charge is 2.15. The molecule has 6 heteroatoms. The predicted octanol–water partition coefficient (Wildman–Crippen LogP) is 3.36. The van der Waals surface area contributed by atoms with E-state index in [1.165, 1.54) is 6.07 Å². The number of anilines is 1. The molecule has 0 saturated carbocycles. The number of rotatable bonds is 4. The molecule has 0 aliphatic carbocycles. The molecule has 0 fully saturated rings. The van der Waals surface area contributed by atoms with Crippen molar-refractivity contribution in [2.75, 3.05) is 5.32 Å². The molecule has 0 bridgehead atoms. The van der Waals surface area contributed by atoms with Crippen LogP contribution in [0.15, 0.2) is 47.2 Å². The summed E-state index contributed by atoms with van der Waals surface area (Å²) in [6, 6.07) is 8.58. The molecule has 92 valence electrons. The molecule has 0 amide bonds. The van der Waals surface area contributed by atoms with Crippen LogP contribution < -0.4 is 5.32 Å². The first-order chi connectivity index (χ1) is 8.68. The monoisotopic (exact) mass is 307 g/mol. The van der Waals surface area contributed by atoms with Crippen LogP contribution in [-0.4, -0.2) is 9.91 Å². The molecule has 0 saturated heterocycles. The van der Waals surface area contributed by atoms with Crippen molar-refractivity contribution in [2.24, 2.45) is 0 Å². The summed E-state index contributed by atoms with van der Waals surface area (Å²) >= 11 is 3.33. The molecule has 5 nitrogen and oxygen atoms in total. The normalized spacial score (nSPS) is 10.1. The van der Waals surface area contributed by atoms with Gasteiger partial charge in [0.25, 0.3) is 5.69 Å². The Balaban J connectivity index is 2.21. The minimum Gasteiger partial charge on any atom is -0.379 e. The van der Waals surface area contributed by atoms with E-state index >= 15 is 0 Å². The zero-order chi connectivity index (χ0) is 13.0. The number of benzene rings is 1. The molecule has 0 atom stereocenters. The van der Waals surface area contributed by atoms with Gasteiger partial charge < -0.3 is 5.32 Å². The first-order valence-electron chi connectivity index (χ1n) is 5.24. The van der Waals surface area contributed by atoms with Gasteiger partial charge in [0.05, 0.1) is 16.2 Å². The fraction of sp³-hybridized carbons (Fsp3) is 0.0833. The van der Waals surface area contributed by atoms with E-state index in [1.807, 2.05) is 6.07 Å². The van der Waals surface area contributed by atoms with Crippen LogP contribution in [0.3, 0.4) is 0 Å². The lowest BCUT2D eigenvalue weighted by molar-refractivity contribution is -0.385. The quantitative estimate of drug-likeness (QED) is 0.694. The van der Waals surface area contributed by atoms with Crippen LogP contribution in [0.2, 0.25) is 0 Å². The van der Waals surface area contributed by atoms with Crippen molar-refractivity contribution in [3.05, 3.63) is 62.9 Å². The van der Waals surface area contributed by atoms with E-state index in [0.29, 0.717) is 16.6 Å². The van der Waals surface area contributed by atoms with Crippen LogP contribution in [0.5, 0.6) is 0 Å². The van der Waals surface area contributed by atoms with Crippen LogP contribution in [-0.2, 0) is 6.54 Å². The zero-order valence-electron chi connectivity index (χ0n) is 9.34. The van der Waals surface area contributed by atoms with Gasteiger partial charge in [-0.3, -0.25) is 15.1 Å². The van der Waals surface area contributed by atoms with Gasteiger partial charge in [0.2, 0.25) is 0 Å². The van der Waals surface area contributed by atoms with E-state index < -0.39 is 0 Å². The highest BCUT2D eigenvalue weighted by Crippen LogP contribution is 2.27. The van der Waals surface area contributed by atoms with Crippen molar-refractivity contribution >= 4 is 27.3 Å². The van der Waals surface area contributed by atoms with Gasteiger partial charge in [0.15, 0.2) is 0 Å². The second kappa shape index (κ2) is 5.59. The largest absolute Gasteiger partial charge is 0.379 e. The molecule has 0 aliphatic heterocycles. The average molecular weight is 308 g/mol. The Morgan fingerprint density at radius 3 is 2.83 bits per heavy atom. The number of nitro groups is 1. The lowest BCUT2D eigenvalue weighted by Gasteiger charge is -2.08. The Bertz CT molecular complexity index is 561. The van der Waals surface area contributed by atoms with Gasteiger partial charge in [-0.05, 0) is 18.2 Å². The van der Waals surface area contributed by atoms with Crippen molar-refractivity contribution in [2.45, 2.75) is 6.54 Å². The summed E-state index contributed by atoms with van der Waals surface area (Å²) < 4.78 is 0.716. The SMILES string of the molecule is O=[N+]([O-])c1cccc(Br)c1CNc1cccnc1. The van der Waals surface area contributed by atoms with E-state index in [2.05, 4.69) is 26.2 Å². The highest BCUT2D eigenvalue weighted by molar-refractivity contribution is 9.10. The second-order valence-electron chi connectivity index (χ2n) is 3.59. The van der Waals surface area contributed by atoms with Crippen LogP contribution in [0, 0.1) is 10.1 Å².